The molecule has 162 valence electrons. The van der Waals surface area contributed by atoms with Crippen molar-refractivity contribution in [2.75, 3.05) is 5.32 Å². The van der Waals surface area contributed by atoms with E-state index in [0.717, 1.165) is 30.5 Å². The summed E-state index contributed by atoms with van der Waals surface area (Å²) in [6.45, 7) is 0.0938. The zero-order valence-electron chi connectivity index (χ0n) is 15.8. The zero-order valence-corrected chi connectivity index (χ0v) is 16.6. The standard InChI is InChI=1S/C18H16FN5O6S/c19-14-5-11(10-1-2-10)8-23-9-13(21-17(14)23)7-20-12-3-4-16(15(6-12)24(27)28)31(29,30)22-18(25)26/h3-6,8-10,20,22H,1-2,7H2,(H,25,26). The Balaban J connectivity index is 1.57. The average molecular weight is 449 g/mol. The number of pyridine rings is 1. The largest absolute Gasteiger partial charge is 0.464 e. The summed E-state index contributed by atoms with van der Waals surface area (Å²) in [4.78, 5) is 24.5. The van der Waals surface area contributed by atoms with Crippen molar-refractivity contribution in [2.24, 2.45) is 0 Å². The van der Waals surface area contributed by atoms with Crippen LogP contribution in [0.5, 0.6) is 0 Å². The fraction of sp³-hybridized carbons (Fsp3) is 0.222. The number of carbonyl (C=O) groups is 1. The minimum absolute atomic E-state index is 0.0938. The molecule has 2 heterocycles. The van der Waals surface area contributed by atoms with E-state index in [2.05, 4.69) is 10.3 Å². The zero-order chi connectivity index (χ0) is 22.3. The van der Waals surface area contributed by atoms with Crippen LogP contribution in [0.2, 0.25) is 0 Å². The highest BCUT2D eigenvalue weighted by molar-refractivity contribution is 7.90. The number of nitrogens with zero attached hydrogens (tertiary/aromatic N) is 3. The molecule has 4 rings (SSSR count). The Morgan fingerprint density at radius 1 is 1.32 bits per heavy atom. The van der Waals surface area contributed by atoms with Gasteiger partial charge in [-0.1, -0.05) is 0 Å². The fourth-order valence-electron chi connectivity index (χ4n) is 3.21. The quantitative estimate of drug-likeness (QED) is 0.367. The number of rotatable bonds is 7. The van der Waals surface area contributed by atoms with Crippen molar-refractivity contribution in [2.45, 2.75) is 30.2 Å². The molecular formula is C18H16FN5O6S. The van der Waals surface area contributed by atoms with Gasteiger partial charge in [0.05, 0.1) is 17.2 Å². The minimum atomic E-state index is -4.62. The normalized spacial score (nSPS) is 13.8. The van der Waals surface area contributed by atoms with Crippen LogP contribution in [0.4, 0.5) is 20.6 Å². The molecule has 0 bridgehead atoms. The molecule has 0 spiro atoms. The maximum absolute atomic E-state index is 14.3. The van der Waals surface area contributed by atoms with Crippen LogP contribution < -0.4 is 10.0 Å². The Morgan fingerprint density at radius 3 is 2.71 bits per heavy atom. The molecule has 0 atom stereocenters. The lowest BCUT2D eigenvalue weighted by Crippen LogP contribution is -2.29. The molecule has 1 amide bonds. The number of aromatic nitrogens is 2. The van der Waals surface area contributed by atoms with Gasteiger partial charge in [-0.3, -0.25) is 10.1 Å². The SMILES string of the molecule is O=C(O)NS(=O)(=O)c1ccc(NCc2cn3cc(C4CC4)cc(F)c3n2)cc1[N+](=O)[O-]. The van der Waals surface area contributed by atoms with Gasteiger partial charge in [0.15, 0.2) is 16.4 Å². The molecular weight excluding hydrogens is 433 g/mol. The van der Waals surface area contributed by atoms with E-state index >= 15 is 0 Å². The highest BCUT2D eigenvalue weighted by Crippen LogP contribution is 2.40. The van der Waals surface area contributed by atoms with Gasteiger partial charge in [-0.25, -0.2) is 27.3 Å². The highest BCUT2D eigenvalue weighted by Gasteiger charge is 2.28. The van der Waals surface area contributed by atoms with Crippen LogP contribution in [0.25, 0.3) is 5.65 Å². The summed E-state index contributed by atoms with van der Waals surface area (Å²) in [6, 6.07) is 4.63. The lowest BCUT2D eigenvalue weighted by Gasteiger charge is -2.08. The molecule has 0 saturated heterocycles. The molecule has 1 aromatic carbocycles. The van der Waals surface area contributed by atoms with E-state index < -0.39 is 37.4 Å². The van der Waals surface area contributed by atoms with E-state index in [-0.39, 0.29) is 17.9 Å². The second kappa shape index (κ2) is 7.50. The predicted octanol–water partition coefficient (Wildman–Crippen LogP) is 2.83. The number of nitro groups is 1. The molecule has 1 saturated carbocycles. The number of nitrogens with one attached hydrogen (secondary N) is 2. The van der Waals surface area contributed by atoms with Gasteiger partial charge in [-0.2, -0.15) is 0 Å². The molecule has 0 radical (unpaired) electrons. The smallest absolute Gasteiger partial charge is 0.418 e. The van der Waals surface area contributed by atoms with E-state index in [0.29, 0.717) is 11.6 Å². The van der Waals surface area contributed by atoms with Gasteiger partial charge in [0.2, 0.25) is 0 Å². The van der Waals surface area contributed by atoms with Crippen molar-refractivity contribution < 1.29 is 27.6 Å². The van der Waals surface area contributed by atoms with E-state index in [4.69, 9.17) is 5.11 Å². The number of hydrogen-bond acceptors (Lipinski definition) is 7. The molecule has 2 aromatic heterocycles. The number of hydrogen-bond donors (Lipinski definition) is 3. The summed E-state index contributed by atoms with van der Waals surface area (Å²) in [5.74, 6) is -0.0689. The van der Waals surface area contributed by atoms with Gasteiger partial charge < -0.3 is 14.8 Å². The van der Waals surface area contributed by atoms with E-state index in [1.165, 1.54) is 16.9 Å². The first-order chi connectivity index (χ1) is 14.6. The second-order valence-electron chi connectivity index (χ2n) is 7.06. The van der Waals surface area contributed by atoms with Gasteiger partial charge in [-0.05, 0) is 42.5 Å². The van der Waals surface area contributed by atoms with Crippen molar-refractivity contribution in [1.29, 1.82) is 0 Å². The van der Waals surface area contributed by atoms with E-state index in [1.807, 2.05) is 6.20 Å². The second-order valence-corrected chi connectivity index (χ2v) is 8.71. The monoisotopic (exact) mass is 449 g/mol. The summed E-state index contributed by atoms with van der Waals surface area (Å²) in [5, 5.41) is 22.8. The molecule has 1 fully saturated rings. The minimum Gasteiger partial charge on any atom is -0.464 e. The number of halogens is 1. The van der Waals surface area contributed by atoms with Crippen molar-refractivity contribution in [1.82, 2.24) is 14.1 Å². The summed E-state index contributed by atoms with van der Waals surface area (Å²) < 4.78 is 41.2. The summed E-state index contributed by atoms with van der Waals surface area (Å²) in [7, 11) is -4.62. The lowest BCUT2D eigenvalue weighted by atomic mass is 10.2. The predicted molar refractivity (Wildman–Crippen MR) is 106 cm³/mol. The summed E-state index contributed by atoms with van der Waals surface area (Å²) in [5.41, 5.74) is 0.947. The van der Waals surface area contributed by atoms with Crippen LogP contribution in [0.1, 0.15) is 30.0 Å². The van der Waals surface area contributed by atoms with Crippen LogP contribution in [-0.2, 0) is 16.6 Å². The van der Waals surface area contributed by atoms with Crippen LogP contribution >= 0.6 is 0 Å². The molecule has 3 N–H and O–H groups in total. The first-order valence-corrected chi connectivity index (χ1v) is 10.6. The lowest BCUT2D eigenvalue weighted by molar-refractivity contribution is -0.387. The van der Waals surface area contributed by atoms with E-state index in [9.17, 15) is 27.7 Å². The van der Waals surface area contributed by atoms with Crippen molar-refractivity contribution in [3.05, 3.63) is 63.8 Å². The molecule has 31 heavy (non-hydrogen) atoms. The van der Waals surface area contributed by atoms with Crippen molar-refractivity contribution in [3.63, 3.8) is 0 Å². The first-order valence-electron chi connectivity index (χ1n) is 9.09. The highest BCUT2D eigenvalue weighted by atomic mass is 32.2. The number of nitro benzene ring substituents is 1. The Labute approximate surface area is 174 Å². The summed E-state index contributed by atoms with van der Waals surface area (Å²) >= 11 is 0. The van der Waals surface area contributed by atoms with Gasteiger partial charge in [-0.15, -0.1) is 0 Å². The van der Waals surface area contributed by atoms with Crippen LogP contribution in [0.15, 0.2) is 41.6 Å². The Kier molecular flexibility index (Phi) is 4.97. The number of sulfonamides is 1. The van der Waals surface area contributed by atoms with E-state index in [1.54, 1.807) is 10.6 Å². The maximum atomic E-state index is 14.3. The molecule has 3 aromatic rings. The van der Waals surface area contributed by atoms with Gasteiger partial charge in [0.25, 0.3) is 15.7 Å². The van der Waals surface area contributed by atoms with Crippen LogP contribution in [0, 0.1) is 15.9 Å². The van der Waals surface area contributed by atoms with Gasteiger partial charge in [0, 0.05) is 24.1 Å². The topological polar surface area (TPSA) is 156 Å². The Bertz CT molecular complexity index is 1320. The van der Waals surface area contributed by atoms with Gasteiger partial charge >= 0.3 is 6.09 Å². The molecule has 11 nitrogen and oxygen atoms in total. The fourth-order valence-corrected chi connectivity index (χ4v) is 4.21. The van der Waals surface area contributed by atoms with Crippen LogP contribution in [0.3, 0.4) is 0 Å². The number of carboxylic acid groups (broad SMARTS) is 1. The number of fused-ring (bicyclic) bond motifs is 1. The number of benzene rings is 1. The number of imidazole rings is 1. The Hall–Kier alpha value is -3.74. The number of anilines is 1. The first kappa shape index (κ1) is 20.5. The third-order valence-electron chi connectivity index (χ3n) is 4.77. The molecule has 0 aliphatic heterocycles. The molecule has 13 heteroatoms. The van der Waals surface area contributed by atoms with Crippen LogP contribution in [-0.4, -0.2) is 33.9 Å². The molecule has 1 aliphatic rings. The number of amides is 1. The van der Waals surface area contributed by atoms with Crippen molar-refractivity contribution >= 4 is 33.1 Å². The Morgan fingerprint density at radius 2 is 2.06 bits per heavy atom. The third kappa shape index (κ3) is 4.26. The maximum Gasteiger partial charge on any atom is 0.418 e. The average Bonchev–Trinajstić information content (AvgIpc) is 3.45. The third-order valence-corrected chi connectivity index (χ3v) is 6.13. The molecule has 0 unspecified atom stereocenters. The van der Waals surface area contributed by atoms with Crippen molar-refractivity contribution in [3.8, 4) is 0 Å². The summed E-state index contributed by atoms with van der Waals surface area (Å²) in [6.07, 6.45) is 3.66. The van der Waals surface area contributed by atoms with Gasteiger partial charge in [0.1, 0.15) is 0 Å². The molecule has 1 aliphatic carbocycles.